The van der Waals surface area contributed by atoms with E-state index in [1.54, 1.807) is 0 Å². The zero-order valence-corrected chi connectivity index (χ0v) is 19.1. The maximum Gasteiger partial charge on any atom is 0.253 e. The molecule has 0 saturated carbocycles. The number of anilines is 1. The Morgan fingerprint density at radius 1 is 0.767 bits per heavy atom. The van der Waals surface area contributed by atoms with Gasteiger partial charge in [0.1, 0.15) is 0 Å². The van der Waals surface area contributed by atoms with Crippen molar-refractivity contribution < 1.29 is 9.59 Å². The van der Waals surface area contributed by atoms with E-state index in [1.165, 1.54) is 64.2 Å². The van der Waals surface area contributed by atoms with Crippen molar-refractivity contribution in [2.75, 3.05) is 18.4 Å². The predicted octanol–water partition coefficient (Wildman–Crippen LogP) is 6.95. The van der Waals surface area contributed by atoms with Crippen molar-refractivity contribution in [3.63, 3.8) is 0 Å². The summed E-state index contributed by atoms with van der Waals surface area (Å²) < 4.78 is 0. The molecule has 2 amide bonds. The summed E-state index contributed by atoms with van der Waals surface area (Å²) in [5.74, 6) is 0.176. The highest BCUT2D eigenvalue weighted by Gasteiger charge is 2.17. The lowest BCUT2D eigenvalue weighted by Gasteiger charge is -2.26. The summed E-state index contributed by atoms with van der Waals surface area (Å²) in [7, 11) is 0. The minimum Gasteiger partial charge on any atom is -0.339 e. The van der Waals surface area contributed by atoms with E-state index in [9.17, 15) is 9.59 Å². The Bertz CT molecular complexity index is 606. The first-order chi connectivity index (χ1) is 14.7. The number of benzene rings is 1. The molecule has 1 N–H and O–H groups in total. The number of carbonyl (C=O) groups is 2. The number of hydrogen-bond acceptors (Lipinski definition) is 2. The molecule has 1 saturated heterocycles. The van der Waals surface area contributed by atoms with Gasteiger partial charge in [-0.15, -0.1) is 0 Å². The maximum atomic E-state index is 12.5. The van der Waals surface area contributed by atoms with E-state index in [1.807, 2.05) is 29.2 Å². The Kier molecular flexibility index (Phi) is 12.2. The third kappa shape index (κ3) is 9.77. The summed E-state index contributed by atoms with van der Waals surface area (Å²) in [6, 6.07) is 7.34. The van der Waals surface area contributed by atoms with Crippen LogP contribution in [0.1, 0.15) is 114 Å². The zero-order chi connectivity index (χ0) is 21.4. The Labute approximate surface area is 183 Å². The van der Waals surface area contributed by atoms with E-state index in [0.717, 1.165) is 44.5 Å². The van der Waals surface area contributed by atoms with Crippen LogP contribution in [0.4, 0.5) is 5.69 Å². The number of rotatable bonds is 14. The molecule has 0 aliphatic carbocycles. The maximum absolute atomic E-state index is 12.5. The number of amides is 2. The van der Waals surface area contributed by atoms with Gasteiger partial charge in [-0.25, -0.2) is 0 Å². The lowest BCUT2D eigenvalue weighted by molar-refractivity contribution is -0.116. The third-order valence-electron chi connectivity index (χ3n) is 6.07. The van der Waals surface area contributed by atoms with Crippen LogP contribution in [0.25, 0.3) is 0 Å². The van der Waals surface area contributed by atoms with Gasteiger partial charge in [0.2, 0.25) is 5.91 Å². The summed E-state index contributed by atoms with van der Waals surface area (Å²) in [4.78, 5) is 26.6. The van der Waals surface area contributed by atoms with Crippen LogP contribution >= 0.6 is 0 Å². The van der Waals surface area contributed by atoms with Crippen molar-refractivity contribution in [2.24, 2.45) is 0 Å². The van der Waals surface area contributed by atoms with Crippen molar-refractivity contribution in [1.82, 2.24) is 4.90 Å². The molecule has 1 heterocycles. The van der Waals surface area contributed by atoms with Crippen LogP contribution in [0.15, 0.2) is 24.3 Å². The van der Waals surface area contributed by atoms with Crippen molar-refractivity contribution >= 4 is 17.5 Å². The van der Waals surface area contributed by atoms with Crippen LogP contribution in [-0.2, 0) is 4.79 Å². The largest absolute Gasteiger partial charge is 0.339 e. The second kappa shape index (κ2) is 15.0. The highest BCUT2D eigenvalue weighted by molar-refractivity contribution is 5.95. The topological polar surface area (TPSA) is 49.4 Å². The van der Waals surface area contributed by atoms with Crippen LogP contribution in [0, 0.1) is 0 Å². The molecule has 1 aliphatic heterocycles. The summed E-state index contributed by atoms with van der Waals surface area (Å²) >= 11 is 0. The predicted molar refractivity (Wildman–Crippen MR) is 126 cm³/mol. The van der Waals surface area contributed by atoms with Crippen molar-refractivity contribution in [1.29, 1.82) is 0 Å². The van der Waals surface area contributed by atoms with Gasteiger partial charge in [0.15, 0.2) is 0 Å². The van der Waals surface area contributed by atoms with Gasteiger partial charge in [-0.3, -0.25) is 9.59 Å². The molecule has 30 heavy (non-hydrogen) atoms. The minimum absolute atomic E-state index is 0.0704. The first-order valence-corrected chi connectivity index (χ1v) is 12.4. The lowest BCUT2D eigenvalue weighted by atomic mass is 10.1. The normalized spacial score (nSPS) is 14.0. The van der Waals surface area contributed by atoms with Gasteiger partial charge >= 0.3 is 0 Å². The second-order valence-corrected chi connectivity index (χ2v) is 8.76. The fourth-order valence-corrected chi connectivity index (χ4v) is 4.15. The fraction of sp³-hybridized carbons (Fsp3) is 0.692. The Morgan fingerprint density at radius 2 is 1.30 bits per heavy atom. The number of nitrogens with one attached hydrogen (secondary N) is 1. The molecule has 1 fully saturated rings. The Balaban J connectivity index is 1.53. The molecule has 2 rings (SSSR count). The molecule has 0 atom stereocenters. The molecule has 4 heteroatoms. The summed E-state index contributed by atoms with van der Waals surface area (Å²) in [5, 5.41) is 2.96. The zero-order valence-electron chi connectivity index (χ0n) is 19.1. The Morgan fingerprint density at radius 3 is 1.87 bits per heavy atom. The van der Waals surface area contributed by atoms with Crippen LogP contribution in [0.5, 0.6) is 0 Å². The molecular weight excluding hydrogens is 372 g/mol. The number of piperidine rings is 1. The molecule has 1 aromatic rings. The minimum atomic E-state index is 0.0704. The molecular formula is C26H42N2O2. The van der Waals surface area contributed by atoms with Crippen LogP contribution in [0.2, 0.25) is 0 Å². The average Bonchev–Trinajstić information content (AvgIpc) is 2.78. The fourth-order valence-electron chi connectivity index (χ4n) is 4.15. The summed E-state index contributed by atoms with van der Waals surface area (Å²) in [6.45, 7) is 3.97. The number of hydrogen-bond donors (Lipinski definition) is 1. The monoisotopic (exact) mass is 414 g/mol. The van der Waals surface area contributed by atoms with Gasteiger partial charge in [0.05, 0.1) is 0 Å². The highest BCUT2D eigenvalue weighted by atomic mass is 16.2. The molecule has 1 aliphatic rings. The van der Waals surface area contributed by atoms with Gasteiger partial charge in [0, 0.05) is 30.8 Å². The van der Waals surface area contributed by atoms with Gasteiger partial charge in [0.25, 0.3) is 5.91 Å². The number of unbranched alkanes of at least 4 members (excludes halogenated alkanes) is 10. The van der Waals surface area contributed by atoms with Crippen LogP contribution in [0.3, 0.4) is 0 Å². The van der Waals surface area contributed by atoms with E-state index < -0.39 is 0 Å². The molecule has 0 spiro atoms. The average molecular weight is 415 g/mol. The van der Waals surface area contributed by atoms with Crippen molar-refractivity contribution in [3.8, 4) is 0 Å². The van der Waals surface area contributed by atoms with Gasteiger partial charge < -0.3 is 10.2 Å². The van der Waals surface area contributed by atoms with Crippen molar-refractivity contribution in [2.45, 2.75) is 103 Å². The molecule has 4 nitrogen and oxygen atoms in total. The molecule has 0 radical (unpaired) electrons. The molecule has 1 aromatic carbocycles. The van der Waals surface area contributed by atoms with Gasteiger partial charge in [-0.2, -0.15) is 0 Å². The summed E-state index contributed by atoms with van der Waals surface area (Å²) in [5.41, 5.74) is 1.48. The van der Waals surface area contributed by atoms with Crippen LogP contribution < -0.4 is 5.32 Å². The number of carbonyl (C=O) groups excluding carboxylic acids is 2. The van der Waals surface area contributed by atoms with Gasteiger partial charge in [-0.05, 0) is 49.9 Å². The van der Waals surface area contributed by atoms with E-state index in [2.05, 4.69) is 12.2 Å². The molecule has 0 bridgehead atoms. The lowest BCUT2D eigenvalue weighted by Crippen LogP contribution is -2.35. The SMILES string of the molecule is CCCCCCCCCCCCCC(=O)Nc1ccc(C(=O)N2CCCCC2)cc1. The standard InChI is InChI=1S/C26H42N2O2/c1-2-3-4-5-6-7-8-9-10-11-13-16-25(29)27-24-19-17-23(18-20-24)26(30)28-21-14-12-15-22-28/h17-20H,2-16,21-22H2,1H3,(H,27,29). The summed E-state index contributed by atoms with van der Waals surface area (Å²) in [6.07, 6.45) is 18.1. The molecule has 0 aromatic heterocycles. The molecule has 0 unspecified atom stereocenters. The van der Waals surface area contributed by atoms with E-state index >= 15 is 0 Å². The smallest absolute Gasteiger partial charge is 0.253 e. The number of nitrogens with zero attached hydrogens (tertiary/aromatic N) is 1. The van der Waals surface area contributed by atoms with Crippen molar-refractivity contribution in [3.05, 3.63) is 29.8 Å². The van der Waals surface area contributed by atoms with Crippen LogP contribution in [-0.4, -0.2) is 29.8 Å². The molecule has 168 valence electrons. The first kappa shape index (κ1) is 24.4. The quantitative estimate of drug-likeness (QED) is 0.335. The van der Waals surface area contributed by atoms with Gasteiger partial charge in [-0.1, -0.05) is 71.1 Å². The highest BCUT2D eigenvalue weighted by Crippen LogP contribution is 2.16. The van der Waals surface area contributed by atoms with E-state index in [0.29, 0.717) is 12.0 Å². The Hall–Kier alpha value is -1.84. The third-order valence-corrected chi connectivity index (χ3v) is 6.07. The van der Waals surface area contributed by atoms with E-state index in [4.69, 9.17) is 0 Å². The van der Waals surface area contributed by atoms with E-state index in [-0.39, 0.29) is 11.8 Å². The number of likely N-dealkylation sites (tertiary alicyclic amines) is 1. The second-order valence-electron chi connectivity index (χ2n) is 8.76. The first-order valence-electron chi connectivity index (χ1n) is 12.4.